The lowest BCUT2D eigenvalue weighted by Crippen LogP contribution is -2.07. The molecule has 0 unspecified atom stereocenters. The summed E-state index contributed by atoms with van der Waals surface area (Å²) in [5.41, 5.74) is 9.12. The van der Waals surface area contributed by atoms with Crippen LogP contribution in [0.15, 0.2) is 142 Å². The minimum atomic E-state index is 0.390. The number of nitrogens with zero attached hydrogens (tertiary/aromatic N) is 4. The van der Waals surface area contributed by atoms with Crippen molar-refractivity contribution in [3.63, 3.8) is 0 Å². The van der Waals surface area contributed by atoms with Crippen LogP contribution in [0.3, 0.4) is 0 Å². The van der Waals surface area contributed by atoms with Gasteiger partial charge in [0.1, 0.15) is 28.4 Å². The first kappa shape index (κ1) is 26.8. The average molecular weight is 639 g/mol. The van der Waals surface area contributed by atoms with E-state index in [2.05, 4.69) is 69.8 Å². The van der Waals surface area contributed by atoms with Crippen LogP contribution in [0.5, 0.6) is 0 Å². The Labute approximate surface area is 283 Å². The SMILES string of the molecule is N#Cc1cc(C#N)c(-n2c3ccccc3c3ccc4oc5ccccc5c4c32)c(-n2c3ccccc3c3ccc4oc5ccccc5c4c32)c1. The molecule has 6 heteroatoms. The van der Waals surface area contributed by atoms with Crippen molar-refractivity contribution >= 4 is 87.5 Å². The lowest BCUT2D eigenvalue weighted by Gasteiger charge is -2.19. The summed E-state index contributed by atoms with van der Waals surface area (Å²) in [5.74, 6) is 0. The molecule has 0 saturated carbocycles. The highest BCUT2D eigenvalue weighted by Crippen LogP contribution is 2.45. The molecule has 4 aromatic heterocycles. The molecule has 11 rings (SSSR count). The zero-order valence-corrected chi connectivity index (χ0v) is 26.3. The van der Waals surface area contributed by atoms with Crippen LogP contribution < -0.4 is 0 Å². The molecule has 7 aromatic carbocycles. The smallest absolute Gasteiger partial charge is 0.137 e. The third kappa shape index (κ3) is 3.34. The Bertz CT molecular complexity index is 3360. The molecule has 0 bridgehead atoms. The molecule has 0 radical (unpaired) electrons. The van der Waals surface area contributed by atoms with Gasteiger partial charge in [-0.15, -0.1) is 0 Å². The summed E-state index contributed by atoms with van der Waals surface area (Å²) in [6.45, 7) is 0. The van der Waals surface area contributed by atoms with Crippen molar-refractivity contribution in [2.24, 2.45) is 0 Å². The van der Waals surface area contributed by atoms with E-state index in [1.54, 1.807) is 6.07 Å². The molecule has 0 aliphatic carbocycles. The fourth-order valence-electron chi connectivity index (χ4n) is 8.19. The normalized spacial score (nSPS) is 12.0. The van der Waals surface area contributed by atoms with Gasteiger partial charge in [-0.2, -0.15) is 10.5 Å². The molecule has 0 saturated heterocycles. The summed E-state index contributed by atoms with van der Waals surface area (Å²) in [5, 5.41) is 29.5. The van der Waals surface area contributed by atoms with E-state index in [1.807, 2.05) is 78.9 Å². The predicted molar refractivity (Wildman–Crippen MR) is 199 cm³/mol. The summed E-state index contributed by atoms with van der Waals surface area (Å²) < 4.78 is 17.2. The van der Waals surface area contributed by atoms with Crippen molar-refractivity contribution in [2.75, 3.05) is 0 Å². The molecule has 0 spiro atoms. The third-order valence-electron chi connectivity index (χ3n) is 10.2. The largest absolute Gasteiger partial charge is 0.456 e. The van der Waals surface area contributed by atoms with Crippen LogP contribution in [0, 0.1) is 22.7 Å². The van der Waals surface area contributed by atoms with Crippen molar-refractivity contribution < 1.29 is 8.83 Å². The Morgan fingerprint density at radius 1 is 0.440 bits per heavy atom. The van der Waals surface area contributed by atoms with Crippen LogP contribution >= 0.6 is 0 Å². The maximum atomic E-state index is 10.9. The summed E-state index contributed by atoms with van der Waals surface area (Å²) in [7, 11) is 0. The number of nitriles is 2. The van der Waals surface area contributed by atoms with Gasteiger partial charge >= 0.3 is 0 Å². The van der Waals surface area contributed by atoms with Crippen molar-refractivity contribution in [3.05, 3.63) is 145 Å². The van der Waals surface area contributed by atoms with Gasteiger partial charge < -0.3 is 18.0 Å². The zero-order valence-electron chi connectivity index (χ0n) is 26.3. The molecule has 0 fully saturated rings. The van der Waals surface area contributed by atoms with Crippen molar-refractivity contribution in [2.45, 2.75) is 0 Å². The van der Waals surface area contributed by atoms with Crippen LogP contribution in [0.1, 0.15) is 11.1 Å². The van der Waals surface area contributed by atoms with Crippen LogP contribution in [0.4, 0.5) is 0 Å². The number of hydrogen-bond donors (Lipinski definition) is 0. The van der Waals surface area contributed by atoms with Crippen LogP contribution in [-0.4, -0.2) is 9.13 Å². The number of benzene rings is 7. The molecule has 50 heavy (non-hydrogen) atoms. The van der Waals surface area contributed by atoms with E-state index in [1.165, 1.54) is 0 Å². The van der Waals surface area contributed by atoms with Gasteiger partial charge in [0.2, 0.25) is 0 Å². The molecule has 0 N–H and O–H groups in total. The number of hydrogen-bond acceptors (Lipinski definition) is 4. The highest BCUT2D eigenvalue weighted by atomic mass is 16.3. The summed E-state index contributed by atoms with van der Waals surface area (Å²) in [4.78, 5) is 0. The third-order valence-corrected chi connectivity index (χ3v) is 10.2. The summed E-state index contributed by atoms with van der Waals surface area (Å²) >= 11 is 0. The van der Waals surface area contributed by atoms with Gasteiger partial charge in [0.15, 0.2) is 0 Å². The fraction of sp³-hybridized carbons (Fsp3) is 0. The lowest BCUT2D eigenvalue weighted by atomic mass is 10.0. The van der Waals surface area contributed by atoms with E-state index in [0.717, 1.165) is 93.2 Å². The molecule has 6 nitrogen and oxygen atoms in total. The Hall–Kier alpha value is -7.28. The summed E-state index contributed by atoms with van der Waals surface area (Å²) in [6, 6.07) is 49.5. The van der Waals surface area contributed by atoms with E-state index in [-0.39, 0.29) is 0 Å². The van der Waals surface area contributed by atoms with E-state index in [9.17, 15) is 10.5 Å². The second-order valence-electron chi connectivity index (χ2n) is 12.7. The fourth-order valence-corrected chi connectivity index (χ4v) is 8.19. The highest BCUT2D eigenvalue weighted by Gasteiger charge is 2.26. The molecule has 230 valence electrons. The van der Waals surface area contributed by atoms with Gasteiger partial charge in [-0.25, -0.2) is 0 Å². The first-order chi connectivity index (χ1) is 24.7. The van der Waals surface area contributed by atoms with Crippen LogP contribution in [-0.2, 0) is 0 Å². The molecule has 0 atom stereocenters. The summed E-state index contributed by atoms with van der Waals surface area (Å²) in [6.07, 6.45) is 0. The van der Waals surface area contributed by atoms with E-state index in [0.29, 0.717) is 16.8 Å². The number of fused-ring (bicyclic) bond motifs is 14. The van der Waals surface area contributed by atoms with E-state index in [4.69, 9.17) is 8.83 Å². The van der Waals surface area contributed by atoms with Crippen molar-refractivity contribution in [3.8, 4) is 23.5 Å². The minimum Gasteiger partial charge on any atom is -0.456 e. The lowest BCUT2D eigenvalue weighted by molar-refractivity contribution is 0.669. The second kappa shape index (κ2) is 9.64. The topological polar surface area (TPSA) is 83.7 Å². The number of para-hydroxylation sites is 4. The Morgan fingerprint density at radius 2 is 0.940 bits per heavy atom. The molecular weight excluding hydrogens is 617 g/mol. The van der Waals surface area contributed by atoms with Crippen LogP contribution in [0.25, 0.3) is 98.9 Å². The van der Waals surface area contributed by atoms with Crippen molar-refractivity contribution in [1.82, 2.24) is 9.13 Å². The molecule has 11 aromatic rings. The Kier molecular flexibility index (Phi) is 5.16. The molecule has 0 aliphatic rings. The highest BCUT2D eigenvalue weighted by molar-refractivity contribution is 6.26. The van der Waals surface area contributed by atoms with Gasteiger partial charge in [0.05, 0.1) is 61.4 Å². The quantitative estimate of drug-likeness (QED) is 0.189. The standard InChI is InChI=1S/C44H22N4O2/c45-23-25-21-26(24-46)42(48-34-14-6-2-10-28(34)30-18-20-39-41(44(30)48)32-12-4-8-16-37(32)50-39)35(22-25)47-33-13-5-1-9-27(33)29-17-19-38-40(43(29)47)31-11-3-7-15-36(31)49-38/h1-22H. The van der Waals surface area contributed by atoms with E-state index < -0.39 is 0 Å². The van der Waals surface area contributed by atoms with Crippen LogP contribution in [0.2, 0.25) is 0 Å². The number of aromatic nitrogens is 2. The first-order valence-electron chi connectivity index (χ1n) is 16.4. The molecular formula is C44H22N4O2. The van der Waals surface area contributed by atoms with Gasteiger partial charge in [0, 0.05) is 32.3 Å². The maximum absolute atomic E-state index is 10.9. The molecule has 0 amide bonds. The maximum Gasteiger partial charge on any atom is 0.137 e. The second-order valence-corrected chi connectivity index (χ2v) is 12.7. The monoisotopic (exact) mass is 638 g/mol. The average Bonchev–Trinajstić information content (AvgIpc) is 3.91. The predicted octanol–water partition coefficient (Wildman–Crippen LogP) is 11.4. The molecule has 4 heterocycles. The zero-order chi connectivity index (χ0) is 33.1. The Balaban J connectivity index is 1.42. The first-order valence-corrected chi connectivity index (χ1v) is 16.4. The van der Waals surface area contributed by atoms with Crippen molar-refractivity contribution in [1.29, 1.82) is 10.5 Å². The van der Waals surface area contributed by atoms with Gasteiger partial charge in [-0.3, -0.25) is 0 Å². The van der Waals surface area contributed by atoms with Gasteiger partial charge in [0.25, 0.3) is 0 Å². The van der Waals surface area contributed by atoms with Gasteiger partial charge in [-0.1, -0.05) is 72.8 Å². The number of rotatable bonds is 2. The minimum absolute atomic E-state index is 0.390. The molecule has 0 aliphatic heterocycles. The number of furan rings is 2. The van der Waals surface area contributed by atoms with Gasteiger partial charge in [-0.05, 0) is 60.7 Å². The Morgan fingerprint density at radius 3 is 1.50 bits per heavy atom. The van der Waals surface area contributed by atoms with E-state index >= 15 is 0 Å².